The highest BCUT2D eigenvalue weighted by atomic mass is 32.2. The van der Waals surface area contributed by atoms with Crippen LogP contribution in [0.1, 0.15) is 15.9 Å². The Balaban J connectivity index is 1.57. The van der Waals surface area contributed by atoms with E-state index in [2.05, 4.69) is 10.0 Å². The number of carbonyl (C=O) groups excluding carboxylic acids is 1. The molecule has 0 saturated heterocycles. The third kappa shape index (κ3) is 4.61. The summed E-state index contributed by atoms with van der Waals surface area (Å²) in [6.45, 7) is 0.270. The Hall–Kier alpha value is -3.75. The second kappa shape index (κ2) is 9.17. The van der Waals surface area contributed by atoms with E-state index in [0.29, 0.717) is 5.56 Å². The van der Waals surface area contributed by atoms with Crippen molar-refractivity contribution in [3.63, 3.8) is 0 Å². The van der Waals surface area contributed by atoms with Crippen LogP contribution in [-0.4, -0.2) is 31.2 Å². The number of nitrogens with zero attached hydrogens (tertiary/aromatic N) is 2. The number of hydrogen-bond acceptors (Lipinski definition) is 4. The molecule has 32 heavy (non-hydrogen) atoms. The molecule has 1 amide bonds. The van der Waals surface area contributed by atoms with Crippen molar-refractivity contribution in [1.82, 2.24) is 19.8 Å². The lowest BCUT2D eigenvalue weighted by Crippen LogP contribution is -2.23. The summed E-state index contributed by atoms with van der Waals surface area (Å²) >= 11 is 0. The number of aromatic nitrogens is 2. The van der Waals surface area contributed by atoms with E-state index >= 15 is 0 Å². The number of nitrogens with one attached hydrogen (secondary N) is 2. The average molecular weight is 447 g/mol. The van der Waals surface area contributed by atoms with Crippen LogP contribution >= 0.6 is 0 Å². The zero-order valence-electron chi connectivity index (χ0n) is 17.4. The van der Waals surface area contributed by atoms with Gasteiger partial charge in [0, 0.05) is 29.4 Å². The molecule has 4 rings (SSSR count). The summed E-state index contributed by atoms with van der Waals surface area (Å²) in [7, 11) is -2.21. The first kappa shape index (κ1) is 21.5. The molecule has 0 aliphatic carbocycles. The lowest BCUT2D eigenvalue weighted by molar-refractivity contribution is 0.0951. The molecule has 2 N–H and O–H groups in total. The van der Waals surface area contributed by atoms with E-state index in [-0.39, 0.29) is 17.3 Å². The van der Waals surface area contributed by atoms with E-state index in [9.17, 15) is 13.2 Å². The Morgan fingerprint density at radius 3 is 2.16 bits per heavy atom. The highest BCUT2D eigenvalue weighted by Gasteiger charge is 2.15. The third-order valence-corrected chi connectivity index (χ3v) is 6.42. The molecular weight excluding hydrogens is 424 g/mol. The molecule has 0 saturated carbocycles. The largest absolute Gasteiger partial charge is 0.348 e. The van der Waals surface area contributed by atoms with Gasteiger partial charge in [-0.15, -0.1) is 0 Å². The van der Waals surface area contributed by atoms with Crippen LogP contribution in [0.5, 0.6) is 0 Å². The van der Waals surface area contributed by atoms with Gasteiger partial charge < -0.3 is 5.32 Å². The van der Waals surface area contributed by atoms with Crippen LogP contribution in [0.25, 0.3) is 16.9 Å². The molecule has 0 spiro atoms. The molecule has 1 heterocycles. The van der Waals surface area contributed by atoms with Gasteiger partial charge in [0.15, 0.2) is 0 Å². The molecule has 0 fully saturated rings. The molecular formula is C24H22N4O3S. The van der Waals surface area contributed by atoms with Crippen LogP contribution in [0.15, 0.2) is 96.0 Å². The molecule has 162 valence electrons. The fraction of sp³-hybridized carbons (Fsp3) is 0.0833. The maximum Gasteiger partial charge on any atom is 0.251 e. The van der Waals surface area contributed by atoms with Crippen molar-refractivity contribution in [2.24, 2.45) is 0 Å². The Kier molecular flexibility index (Phi) is 6.16. The van der Waals surface area contributed by atoms with Crippen LogP contribution in [0.3, 0.4) is 0 Å². The number of hydrogen-bond donors (Lipinski definition) is 2. The second-order valence-corrected chi connectivity index (χ2v) is 8.95. The van der Waals surface area contributed by atoms with Gasteiger partial charge in [-0.3, -0.25) is 4.79 Å². The van der Waals surface area contributed by atoms with Gasteiger partial charge >= 0.3 is 0 Å². The first-order valence-corrected chi connectivity index (χ1v) is 11.5. The van der Waals surface area contributed by atoms with Crippen molar-refractivity contribution in [2.45, 2.75) is 11.4 Å². The molecule has 0 aliphatic rings. The quantitative estimate of drug-likeness (QED) is 0.455. The van der Waals surface area contributed by atoms with Gasteiger partial charge in [0.2, 0.25) is 10.0 Å². The van der Waals surface area contributed by atoms with E-state index in [1.54, 1.807) is 4.68 Å². The van der Waals surface area contributed by atoms with Gasteiger partial charge in [0.05, 0.1) is 16.3 Å². The first-order chi connectivity index (χ1) is 15.5. The van der Waals surface area contributed by atoms with E-state index in [0.717, 1.165) is 22.5 Å². The standard InChI is InChI=1S/C24H22N4O3S/c1-25-32(30,31)22-14-12-19(13-15-22)24(29)26-16-20-17-28(21-10-6-3-7-11-21)27-23(20)18-8-4-2-5-9-18/h2-15,17,25H,16H2,1H3,(H,26,29). The number of amides is 1. The Morgan fingerprint density at radius 1 is 0.906 bits per heavy atom. The summed E-state index contributed by atoms with van der Waals surface area (Å²) in [4.78, 5) is 12.8. The van der Waals surface area contributed by atoms with Gasteiger partial charge in [0.1, 0.15) is 0 Å². The SMILES string of the molecule is CNS(=O)(=O)c1ccc(C(=O)NCc2cn(-c3ccccc3)nc2-c2ccccc2)cc1. The normalized spacial score (nSPS) is 11.3. The van der Waals surface area contributed by atoms with E-state index < -0.39 is 10.0 Å². The minimum absolute atomic E-state index is 0.104. The van der Waals surface area contributed by atoms with Gasteiger partial charge in [-0.25, -0.2) is 17.8 Å². The van der Waals surface area contributed by atoms with Crippen molar-refractivity contribution in [3.8, 4) is 16.9 Å². The van der Waals surface area contributed by atoms with Crippen molar-refractivity contribution in [1.29, 1.82) is 0 Å². The first-order valence-electron chi connectivity index (χ1n) is 9.99. The van der Waals surface area contributed by atoms with E-state index in [1.165, 1.54) is 31.3 Å². The molecule has 0 aliphatic heterocycles. The molecule has 4 aromatic rings. The van der Waals surface area contributed by atoms with Gasteiger partial charge in [-0.1, -0.05) is 48.5 Å². The fourth-order valence-electron chi connectivity index (χ4n) is 3.27. The van der Waals surface area contributed by atoms with E-state index in [4.69, 9.17) is 5.10 Å². The molecule has 7 nitrogen and oxygen atoms in total. The van der Waals surface area contributed by atoms with Crippen molar-refractivity contribution < 1.29 is 13.2 Å². The van der Waals surface area contributed by atoms with Crippen LogP contribution in [0.4, 0.5) is 0 Å². The number of para-hydroxylation sites is 1. The molecule has 3 aromatic carbocycles. The molecule has 1 aromatic heterocycles. The minimum atomic E-state index is -3.55. The third-order valence-electron chi connectivity index (χ3n) is 4.99. The van der Waals surface area contributed by atoms with Crippen molar-refractivity contribution in [2.75, 3.05) is 7.05 Å². The van der Waals surface area contributed by atoms with Crippen LogP contribution in [-0.2, 0) is 16.6 Å². The Bertz CT molecular complexity index is 1320. The average Bonchev–Trinajstić information content (AvgIpc) is 3.28. The summed E-state index contributed by atoms with van der Waals surface area (Å²) in [6.07, 6.45) is 1.90. The number of carbonyl (C=O) groups is 1. The summed E-state index contributed by atoms with van der Waals surface area (Å²) < 4.78 is 27.8. The number of sulfonamides is 1. The van der Waals surface area contributed by atoms with E-state index in [1.807, 2.05) is 66.9 Å². The Morgan fingerprint density at radius 2 is 1.53 bits per heavy atom. The lowest BCUT2D eigenvalue weighted by atomic mass is 10.1. The summed E-state index contributed by atoms with van der Waals surface area (Å²) in [5.41, 5.74) is 3.89. The number of rotatable bonds is 7. The van der Waals surface area contributed by atoms with Crippen LogP contribution < -0.4 is 10.0 Å². The maximum absolute atomic E-state index is 12.7. The Labute approximate surface area is 186 Å². The zero-order valence-corrected chi connectivity index (χ0v) is 18.2. The van der Waals surface area contributed by atoms with Crippen molar-refractivity contribution in [3.05, 3.63) is 102 Å². The van der Waals surface area contributed by atoms with Crippen LogP contribution in [0, 0.1) is 0 Å². The number of benzene rings is 3. The lowest BCUT2D eigenvalue weighted by Gasteiger charge is -2.07. The smallest absolute Gasteiger partial charge is 0.251 e. The summed E-state index contributed by atoms with van der Waals surface area (Å²) in [5, 5.41) is 7.65. The highest BCUT2D eigenvalue weighted by Crippen LogP contribution is 2.23. The zero-order chi connectivity index (χ0) is 22.6. The predicted octanol–water partition coefficient (Wildman–Crippen LogP) is 3.38. The maximum atomic E-state index is 12.7. The molecule has 0 atom stereocenters. The monoisotopic (exact) mass is 446 g/mol. The molecule has 0 bridgehead atoms. The van der Waals surface area contributed by atoms with Gasteiger partial charge in [-0.2, -0.15) is 5.10 Å². The molecule has 8 heteroatoms. The summed E-state index contributed by atoms with van der Waals surface area (Å²) in [5.74, 6) is -0.301. The van der Waals surface area contributed by atoms with Gasteiger partial charge in [0.25, 0.3) is 5.91 Å². The molecule has 0 radical (unpaired) electrons. The minimum Gasteiger partial charge on any atom is -0.348 e. The highest BCUT2D eigenvalue weighted by molar-refractivity contribution is 7.89. The predicted molar refractivity (Wildman–Crippen MR) is 123 cm³/mol. The molecule has 0 unspecified atom stereocenters. The van der Waals surface area contributed by atoms with Crippen LogP contribution in [0.2, 0.25) is 0 Å². The second-order valence-electron chi connectivity index (χ2n) is 7.06. The fourth-order valence-corrected chi connectivity index (χ4v) is 4.00. The van der Waals surface area contributed by atoms with Crippen molar-refractivity contribution >= 4 is 15.9 Å². The summed E-state index contributed by atoms with van der Waals surface area (Å²) in [6, 6.07) is 25.3. The topological polar surface area (TPSA) is 93.1 Å². The van der Waals surface area contributed by atoms with Gasteiger partial charge in [-0.05, 0) is 43.4 Å².